The summed E-state index contributed by atoms with van der Waals surface area (Å²) in [5, 5.41) is 8.32. The van der Waals surface area contributed by atoms with Gasteiger partial charge in [-0.25, -0.2) is 4.98 Å². The van der Waals surface area contributed by atoms with Gasteiger partial charge < -0.3 is 14.5 Å². The number of nitrogens with one attached hydrogen (secondary N) is 1. The standard InChI is InChI=1S/C17H18N6O/c1-11-9-22(10-15-21-20-12(2)23(11)15)17(24)14-5-3-4-13(8-14)16-18-6-7-19-16/h3-8,11H,9-10H2,1-2H3,(H,18,19)/t11-/m1/s1. The number of hydrogen-bond acceptors (Lipinski definition) is 4. The number of aryl methyl sites for hydroxylation is 1. The second-order valence-electron chi connectivity index (χ2n) is 6.09. The molecule has 0 aliphatic carbocycles. The van der Waals surface area contributed by atoms with E-state index < -0.39 is 0 Å². The van der Waals surface area contributed by atoms with Gasteiger partial charge in [-0.15, -0.1) is 10.2 Å². The zero-order chi connectivity index (χ0) is 16.7. The smallest absolute Gasteiger partial charge is 0.254 e. The molecule has 4 rings (SSSR count). The van der Waals surface area contributed by atoms with E-state index in [0.717, 1.165) is 23.0 Å². The molecule has 3 heterocycles. The van der Waals surface area contributed by atoms with Crippen LogP contribution in [-0.2, 0) is 6.54 Å². The minimum atomic E-state index is 0.00200. The number of benzene rings is 1. The highest BCUT2D eigenvalue weighted by molar-refractivity contribution is 5.95. The normalized spacial score (nSPS) is 16.9. The number of aromatic nitrogens is 5. The Bertz CT molecular complexity index is 882. The van der Waals surface area contributed by atoms with E-state index in [4.69, 9.17) is 0 Å². The first kappa shape index (κ1) is 14.6. The first-order valence-corrected chi connectivity index (χ1v) is 7.93. The number of fused-ring (bicyclic) bond motifs is 1. The van der Waals surface area contributed by atoms with Crippen molar-refractivity contribution in [2.45, 2.75) is 26.4 Å². The monoisotopic (exact) mass is 322 g/mol. The lowest BCUT2D eigenvalue weighted by Crippen LogP contribution is -2.40. The molecular weight excluding hydrogens is 304 g/mol. The van der Waals surface area contributed by atoms with Crippen LogP contribution in [-0.4, -0.2) is 42.1 Å². The highest BCUT2D eigenvalue weighted by Crippen LogP contribution is 2.24. The highest BCUT2D eigenvalue weighted by Gasteiger charge is 2.28. The minimum Gasteiger partial charge on any atom is -0.345 e. The minimum absolute atomic E-state index is 0.00200. The van der Waals surface area contributed by atoms with Crippen molar-refractivity contribution in [3.63, 3.8) is 0 Å². The number of hydrogen-bond donors (Lipinski definition) is 1. The van der Waals surface area contributed by atoms with Gasteiger partial charge in [0.25, 0.3) is 5.91 Å². The van der Waals surface area contributed by atoms with Crippen molar-refractivity contribution in [3.05, 3.63) is 53.9 Å². The number of aromatic amines is 1. The van der Waals surface area contributed by atoms with Crippen molar-refractivity contribution in [1.82, 2.24) is 29.6 Å². The molecule has 0 radical (unpaired) electrons. The largest absolute Gasteiger partial charge is 0.345 e. The van der Waals surface area contributed by atoms with Crippen LogP contribution in [0.1, 0.15) is 35.0 Å². The molecule has 24 heavy (non-hydrogen) atoms. The Labute approximate surface area is 139 Å². The van der Waals surface area contributed by atoms with E-state index >= 15 is 0 Å². The molecule has 1 N–H and O–H groups in total. The summed E-state index contributed by atoms with van der Waals surface area (Å²) in [5.74, 6) is 2.49. The molecule has 1 aromatic carbocycles. The Morgan fingerprint density at radius 2 is 2.21 bits per heavy atom. The quantitative estimate of drug-likeness (QED) is 0.784. The fraction of sp³-hybridized carbons (Fsp3) is 0.294. The van der Waals surface area contributed by atoms with Gasteiger partial charge in [-0.05, 0) is 26.0 Å². The lowest BCUT2D eigenvalue weighted by atomic mass is 10.1. The topological polar surface area (TPSA) is 79.7 Å². The summed E-state index contributed by atoms with van der Waals surface area (Å²) in [7, 11) is 0. The van der Waals surface area contributed by atoms with Gasteiger partial charge in [0.15, 0.2) is 5.82 Å². The summed E-state index contributed by atoms with van der Waals surface area (Å²) in [4.78, 5) is 22.1. The van der Waals surface area contributed by atoms with Crippen molar-refractivity contribution < 1.29 is 4.79 Å². The van der Waals surface area contributed by atoms with Gasteiger partial charge in [0, 0.05) is 30.1 Å². The van der Waals surface area contributed by atoms with Gasteiger partial charge in [0.1, 0.15) is 11.6 Å². The third-order valence-electron chi connectivity index (χ3n) is 4.36. The molecule has 0 bridgehead atoms. The molecule has 0 fully saturated rings. The lowest BCUT2D eigenvalue weighted by Gasteiger charge is -2.32. The van der Waals surface area contributed by atoms with Crippen LogP contribution < -0.4 is 0 Å². The molecular formula is C17H18N6O. The van der Waals surface area contributed by atoms with Crippen molar-refractivity contribution in [3.8, 4) is 11.4 Å². The van der Waals surface area contributed by atoms with Gasteiger partial charge >= 0.3 is 0 Å². The first-order chi connectivity index (χ1) is 11.6. The van der Waals surface area contributed by atoms with Crippen LogP contribution in [0.3, 0.4) is 0 Å². The number of imidazole rings is 1. The Hall–Kier alpha value is -2.96. The maximum absolute atomic E-state index is 12.9. The molecule has 0 saturated heterocycles. The fourth-order valence-electron chi connectivity index (χ4n) is 3.29. The van der Waals surface area contributed by atoms with E-state index in [1.807, 2.05) is 36.1 Å². The number of nitrogens with zero attached hydrogens (tertiary/aromatic N) is 5. The SMILES string of the molecule is Cc1nnc2n1[C@H](C)CN(C(=O)c1cccc(-c3ncc[nH]3)c1)C2. The van der Waals surface area contributed by atoms with E-state index in [1.54, 1.807) is 12.4 Å². The number of rotatable bonds is 2. The van der Waals surface area contributed by atoms with Gasteiger partial charge in [-0.2, -0.15) is 0 Å². The van der Waals surface area contributed by atoms with E-state index in [1.165, 1.54) is 0 Å². The molecule has 3 aromatic rings. The Morgan fingerprint density at radius 3 is 3.00 bits per heavy atom. The summed E-state index contributed by atoms with van der Waals surface area (Å²) in [6, 6.07) is 7.70. The Kier molecular flexibility index (Phi) is 3.41. The zero-order valence-corrected chi connectivity index (χ0v) is 13.6. The number of amides is 1. The second-order valence-corrected chi connectivity index (χ2v) is 6.09. The summed E-state index contributed by atoms with van der Waals surface area (Å²) in [6.45, 7) is 5.15. The number of H-pyrrole nitrogens is 1. The van der Waals surface area contributed by atoms with Gasteiger partial charge in [-0.1, -0.05) is 12.1 Å². The maximum atomic E-state index is 12.9. The lowest BCUT2D eigenvalue weighted by molar-refractivity contribution is 0.0680. The highest BCUT2D eigenvalue weighted by atomic mass is 16.2. The van der Waals surface area contributed by atoms with Crippen molar-refractivity contribution in [2.24, 2.45) is 0 Å². The van der Waals surface area contributed by atoms with Crippen molar-refractivity contribution in [1.29, 1.82) is 0 Å². The average molecular weight is 322 g/mol. The number of carbonyl (C=O) groups excluding carboxylic acids is 1. The van der Waals surface area contributed by atoms with E-state index in [2.05, 4.69) is 31.7 Å². The van der Waals surface area contributed by atoms with Gasteiger partial charge in [0.05, 0.1) is 12.6 Å². The van der Waals surface area contributed by atoms with Crippen molar-refractivity contribution in [2.75, 3.05) is 6.54 Å². The summed E-state index contributed by atoms with van der Waals surface area (Å²) in [5.41, 5.74) is 1.55. The second kappa shape index (κ2) is 5.59. The fourth-order valence-corrected chi connectivity index (χ4v) is 3.29. The molecule has 0 saturated carbocycles. The van der Waals surface area contributed by atoms with Crippen LogP contribution >= 0.6 is 0 Å². The Balaban J connectivity index is 1.62. The van der Waals surface area contributed by atoms with Crippen LogP contribution in [0, 0.1) is 6.92 Å². The van der Waals surface area contributed by atoms with Gasteiger partial charge in [-0.3, -0.25) is 4.79 Å². The van der Waals surface area contributed by atoms with Crippen molar-refractivity contribution >= 4 is 5.91 Å². The third-order valence-corrected chi connectivity index (χ3v) is 4.36. The molecule has 1 aliphatic heterocycles. The molecule has 7 heteroatoms. The molecule has 1 amide bonds. The van der Waals surface area contributed by atoms with Crippen LogP contribution in [0.25, 0.3) is 11.4 Å². The predicted octanol–water partition coefficient (Wildman–Crippen LogP) is 2.19. The Morgan fingerprint density at radius 1 is 1.33 bits per heavy atom. The third kappa shape index (κ3) is 2.38. The summed E-state index contributed by atoms with van der Waals surface area (Å²) >= 11 is 0. The zero-order valence-electron chi connectivity index (χ0n) is 13.6. The van der Waals surface area contributed by atoms with Crippen LogP contribution in [0.2, 0.25) is 0 Å². The molecule has 1 aliphatic rings. The summed E-state index contributed by atoms with van der Waals surface area (Å²) in [6.07, 6.45) is 3.47. The molecule has 122 valence electrons. The van der Waals surface area contributed by atoms with Crippen LogP contribution in [0.15, 0.2) is 36.7 Å². The molecule has 2 aromatic heterocycles. The van der Waals surface area contributed by atoms with E-state index in [-0.39, 0.29) is 11.9 Å². The van der Waals surface area contributed by atoms with Crippen LogP contribution in [0.4, 0.5) is 0 Å². The van der Waals surface area contributed by atoms with E-state index in [0.29, 0.717) is 18.7 Å². The molecule has 0 unspecified atom stereocenters. The van der Waals surface area contributed by atoms with Crippen LogP contribution in [0.5, 0.6) is 0 Å². The van der Waals surface area contributed by atoms with Gasteiger partial charge in [0.2, 0.25) is 0 Å². The molecule has 7 nitrogen and oxygen atoms in total. The first-order valence-electron chi connectivity index (χ1n) is 7.93. The summed E-state index contributed by atoms with van der Waals surface area (Å²) < 4.78 is 2.10. The molecule has 1 atom stereocenters. The van der Waals surface area contributed by atoms with E-state index in [9.17, 15) is 4.79 Å². The number of carbonyl (C=O) groups is 1. The predicted molar refractivity (Wildman–Crippen MR) is 88.2 cm³/mol. The molecule has 0 spiro atoms. The average Bonchev–Trinajstić information content (AvgIpc) is 3.24. The maximum Gasteiger partial charge on any atom is 0.254 e.